The van der Waals surface area contributed by atoms with E-state index in [1.807, 2.05) is 11.6 Å². The first-order valence-corrected chi connectivity index (χ1v) is 6.42. The van der Waals surface area contributed by atoms with E-state index in [0.717, 1.165) is 16.7 Å². The molecule has 5 nitrogen and oxygen atoms in total. The van der Waals surface area contributed by atoms with E-state index in [2.05, 4.69) is 34.4 Å². The van der Waals surface area contributed by atoms with Crippen LogP contribution in [0.4, 0.5) is 0 Å². The Morgan fingerprint density at radius 3 is 3.06 bits per heavy atom. The maximum absolute atomic E-state index is 4.50. The van der Waals surface area contributed by atoms with Gasteiger partial charge in [0, 0.05) is 18.8 Å². The van der Waals surface area contributed by atoms with Crippen LogP contribution in [-0.4, -0.2) is 31.7 Å². The van der Waals surface area contributed by atoms with Gasteiger partial charge in [-0.1, -0.05) is 25.6 Å². The summed E-state index contributed by atoms with van der Waals surface area (Å²) < 4.78 is 1.89. The molecule has 1 aromatic rings. The molecule has 1 N–H and O–H groups in total. The van der Waals surface area contributed by atoms with Crippen molar-refractivity contribution in [3.8, 4) is 0 Å². The fourth-order valence-corrected chi connectivity index (χ4v) is 2.65. The van der Waals surface area contributed by atoms with Crippen molar-refractivity contribution in [1.29, 1.82) is 0 Å². The second-order valence-corrected chi connectivity index (χ2v) is 5.29. The molecule has 6 heteroatoms. The Balaban J connectivity index is 1.92. The van der Waals surface area contributed by atoms with Gasteiger partial charge in [0.1, 0.15) is 12.9 Å². The van der Waals surface area contributed by atoms with Crippen LogP contribution in [0, 0.1) is 5.92 Å². The molecule has 2 rings (SSSR count). The summed E-state index contributed by atoms with van der Waals surface area (Å²) in [4.78, 5) is 4.50. The zero-order chi connectivity index (χ0) is 11.5. The van der Waals surface area contributed by atoms with E-state index in [1.165, 1.54) is 0 Å². The van der Waals surface area contributed by atoms with E-state index in [-0.39, 0.29) is 0 Å². The highest BCUT2D eigenvalue weighted by Gasteiger charge is 2.22. The van der Waals surface area contributed by atoms with E-state index in [9.17, 15) is 0 Å². The minimum absolute atomic E-state index is 0.545. The number of aliphatic imine (C=N–C) groups is 1. The molecule has 0 amide bonds. The number of aryl methyl sites for hydroxylation is 1. The largest absolute Gasteiger partial charge is 0.361 e. The van der Waals surface area contributed by atoms with Gasteiger partial charge in [0.2, 0.25) is 0 Å². The molecule has 0 bridgehead atoms. The summed E-state index contributed by atoms with van der Waals surface area (Å²) in [5, 5.41) is 12.3. The summed E-state index contributed by atoms with van der Waals surface area (Å²) in [5.41, 5.74) is 0. The van der Waals surface area contributed by atoms with Gasteiger partial charge in [-0.2, -0.15) is 0 Å². The molecule has 0 saturated carbocycles. The number of rotatable bonds is 3. The molecule has 1 aliphatic rings. The molecule has 1 saturated heterocycles. The van der Waals surface area contributed by atoms with Crippen LogP contribution in [0.25, 0.3) is 0 Å². The molecular weight excluding hydrogens is 222 g/mol. The first-order chi connectivity index (χ1) is 7.66. The number of nitrogens with zero attached hydrogens (tertiary/aromatic N) is 4. The van der Waals surface area contributed by atoms with Gasteiger partial charge < -0.3 is 9.88 Å². The van der Waals surface area contributed by atoms with Gasteiger partial charge in [0.25, 0.3) is 0 Å². The Hall–Kier alpha value is -1.04. The molecule has 1 fully saturated rings. The molecule has 1 aliphatic heterocycles. The lowest BCUT2D eigenvalue weighted by atomic mass is 10.1. The smallest absolute Gasteiger partial charge is 0.157 e. The summed E-state index contributed by atoms with van der Waals surface area (Å²) >= 11 is 1.79. The normalized spacial score (nSPS) is 23.0. The molecule has 2 heterocycles. The molecule has 1 aromatic heterocycles. The molecule has 16 heavy (non-hydrogen) atoms. The average Bonchev–Trinajstić information content (AvgIpc) is 2.83. The summed E-state index contributed by atoms with van der Waals surface area (Å²) in [6.07, 6.45) is 1.70. The fourth-order valence-electron chi connectivity index (χ4n) is 1.45. The molecule has 0 aliphatic carbocycles. The Bertz CT molecular complexity index is 384. The highest BCUT2D eigenvalue weighted by molar-refractivity contribution is 8.14. The Morgan fingerprint density at radius 1 is 1.69 bits per heavy atom. The maximum Gasteiger partial charge on any atom is 0.157 e. The van der Waals surface area contributed by atoms with E-state index < -0.39 is 0 Å². The lowest BCUT2D eigenvalue weighted by Crippen LogP contribution is -2.31. The number of hydrogen-bond donors (Lipinski definition) is 1. The third kappa shape index (κ3) is 2.55. The van der Waals surface area contributed by atoms with Crippen LogP contribution in [0.5, 0.6) is 0 Å². The summed E-state index contributed by atoms with van der Waals surface area (Å²) in [5.74, 6) is 2.65. The first-order valence-electron chi connectivity index (χ1n) is 5.43. The Morgan fingerprint density at radius 2 is 2.50 bits per heavy atom. The minimum Gasteiger partial charge on any atom is -0.361 e. The third-order valence-electron chi connectivity index (χ3n) is 2.68. The lowest BCUT2D eigenvalue weighted by molar-refractivity contribution is 0.503. The van der Waals surface area contributed by atoms with Crippen molar-refractivity contribution in [3.05, 3.63) is 12.2 Å². The first kappa shape index (κ1) is 11.4. The van der Waals surface area contributed by atoms with E-state index in [4.69, 9.17) is 0 Å². The highest BCUT2D eigenvalue weighted by atomic mass is 32.2. The van der Waals surface area contributed by atoms with Crippen molar-refractivity contribution in [1.82, 2.24) is 20.1 Å². The van der Waals surface area contributed by atoms with Gasteiger partial charge in [-0.05, 0) is 5.92 Å². The molecule has 1 atom stereocenters. The molecule has 88 valence electrons. The molecule has 0 radical (unpaired) electrons. The van der Waals surface area contributed by atoms with Gasteiger partial charge in [-0.15, -0.1) is 10.2 Å². The standard InChI is InChI=1S/C10H17N5S/c1-7(2)8-5-16-10(13-8)11-4-9-14-12-6-15(9)3/h6-8H,4-5H2,1-3H3,(H,11,13)/t8-/m1/s1. The van der Waals surface area contributed by atoms with E-state index >= 15 is 0 Å². The van der Waals surface area contributed by atoms with Crippen LogP contribution in [0.3, 0.4) is 0 Å². The highest BCUT2D eigenvalue weighted by Crippen LogP contribution is 2.19. The predicted molar refractivity (Wildman–Crippen MR) is 66.4 cm³/mol. The monoisotopic (exact) mass is 239 g/mol. The number of thioether (sulfide) groups is 1. The van der Waals surface area contributed by atoms with Crippen molar-refractivity contribution in [2.24, 2.45) is 18.0 Å². The minimum atomic E-state index is 0.545. The van der Waals surface area contributed by atoms with Crippen molar-refractivity contribution >= 4 is 16.9 Å². The molecule has 0 aromatic carbocycles. The fraction of sp³-hybridized carbons (Fsp3) is 0.700. The van der Waals surface area contributed by atoms with Gasteiger partial charge in [-0.25, -0.2) is 0 Å². The van der Waals surface area contributed by atoms with Gasteiger partial charge in [0.05, 0.1) is 0 Å². The number of amidine groups is 1. The quantitative estimate of drug-likeness (QED) is 0.856. The van der Waals surface area contributed by atoms with Crippen LogP contribution in [0.2, 0.25) is 0 Å². The predicted octanol–water partition coefficient (Wildman–Crippen LogP) is 1.03. The van der Waals surface area contributed by atoms with Crippen LogP contribution >= 0.6 is 11.8 Å². The van der Waals surface area contributed by atoms with Gasteiger partial charge >= 0.3 is 0 Å². The maximum atomic E-state index is 4.50. The van der Waals surface area contributed by atoms with Crippen molar-refractivity contribution < 1.29 is 0 Å². The average molecular weight is 239 g/mol. The summed E-state index contributed by atoms with van der Waals surface area (Å²) in [6, 6.07) is 0.545. The zero-order valence-corrected chi connectivity index (χ0v) is 10.7. The summed E-state index contributed by atoms with van der Waals surface area (Å²) in [6.45, 7) is 5.05. The van der Waals surface area contributed by atoms with E-state index in [0.29, 0.717) is 18.5 Å². The Kier molecular flexibility index (Phi) is 3.48. The summed E-state index contributed by atoms with van der Waals surface area (Å²) in [7, 11) is 1.93. The number of hydrogen-bond acceptors (Lipinski definition) is 4. The topological polar surface area (TPSA) is 55.1 Å². The lowest BCUT2D eigenvalue weighted by Gasteiger charge is -2.12. The Labute approximate surface area is 99.7 Å². The second kappa shape index (κ2) is 4.86. The van der Waals surface area contributed by atoms with Crippen LogP contribution in [-0.2, 0) is 13.6 Å². The van der Waals surface area contributed by atoms with Crippen molar-refractivity contribution in [2.75, 3.05) is 5.75 Å². The van der Waals surface area contributed by atoms with Crippen LogP contribution < -0.4 is 5.32 Å². The molecular formula is C10H17N5S. The van der Waals surface area contributed by atoms with E-state index in [1.54, 1.807) is 18.1 Å². The third-order valence-corrected chi connectivity index (χ3v) is 3.73. The van der Waals surface area contributed by atoms with Crippen LogP contribution in [0.1, 0.15) is 19.7 Å². The molecule has 0 spiro atoms. The number of nitrogens with one attached hydrogen (secondary N) is 1. The molecule has 0 unspecified atom stereocenters. The van der Waals surface area contributed by atoms with Gasteiger partial charge in [-0.3, -0.25) is 4.99 Å². The second-order valence-electron chi connectivity index (χ2n) is 4.29. The SMILES string of the molecule is CC(C)[C@H]1CSC(=NCc2nncn2C)N1. The van der Waals surface area contributed by atoms with Crippen molar-refractivity contribution in [2.45, 2.75) is 26.4 Å². The number of aromatic nitrogens is 3. The van der Waals surface area contributed by atoms with Crippen LogP contribution in [0.15, 0.2) is 11.3 Å². The van der Waals surface area contributed by atoms with Gasteiger partial charge in [0.15, 0.2) is 11.0 Å². The zero-order valence-electron chi connectivity index (χ0n) is 9.84. The van der Waals surface area contributed by atoms with Crippen molar-refractivity contribution in [3.63, 3.8) is 0 Å².